The first-order valence-electron chi connectivity index (χ1n) is 6.78. The lowest BCUT2D eigenvalue weighted by atomic mass is 10.1. The van der Waals surface area contributed by atoms with Gasteiger partial charge in [-0.25, -0.2) is 4.79 Å². The molecule has 0 saturated carbocycles. The van der Waals surface area contributed by atoms with Gasteiger partial charge in [-0.3, -0.25) is 5.32 Å². The van der Waals surface area contributed by atoms with E-state index in [0.29, 0.717) is 0 Å². The molecule has 0 aromatic heterocycles. The largest absolute Gasteiger partial charge is 0.450 e. The molecule has 1 rings (SSSR count). The first kappa shape index (κ1) is 20.1. The number of alkyl carbamates (subject to hydrolysis) is 1. The molecule has 128 valence electrons. The van der Waals surface area contributed by atoms with E-state index in [-0.39, 0.29) is 11.7 Å². The van der Waals surface area contributed by atoms with Crippen LogP contribution in [0, 0.1) is 13.8 Å². The highest BCUT2D eigenvalue weighted by Crippen LogP contribution is 2.29. The molecule has 0 aliphatic carbocycles. The minimum Gasteiger partial charge on any atom is -0.450 e. The first-order chi connectivity index (χ1) is 10.6. The van der Waals surface area contributed by atoms with Gasteiger partial charge in [0, 0.05) is 5.69 Å². The van der Waals surface area contributed by atoms with Crippen molar-refractivity contribution in [2.75, 3.05) is 11.9 Å². The van der Waals surface area contributed by atoms with Crippen molar-refractivity contribution in [1.82, 2.24) is 10.6 Å². The molecule has 0 heterocycles. The summed E-state index contributed by atoms with van der Waals surface area (Å²) in [6, 6.07) is 5.89. The lowest BCUT2D eigenvalue weighted by molar-refractivity contribution is 0.147. The first-order valence-corrected chi connectivity index (χ1v) is 8.32. The maximum Gasteiger partial charge on any atom is 0.408 e. The molecule has 23 heavy (non-hydrogen) atoms. The van der Waals surface area contributed by atoms with Crippen molar-refractivity contribution in [1.29, 1.82) is 0 Å². The Morgan fingerprint density at radius 1 is 1.30 bits per heavy atom. The fraction of sp³-hybridized carbons (Fsp3) is 0.429. The minimum absolute atomic E-state index is 0.198. The number of hydrogen-bond acceptors (Lipinski definition) is 3. The Labute approximate surface area is 156 Å². The third-order valence-electron chi connectivity index (χ3n) is 2.78. The molecule has 0 aliphatic heterocycles. The van der Waals surface area contributed by atoms with Crippen LogP contribution >= 0.6 is 47.0 Å². The summed E-state index contributed by atoms with van der Waals surface area (Å²) in [4.78, 5) is 11.5. The summed E-state index contributed by atoms with van der Waals surface area (Å²) in [5, 5.41) is 8.37. The van der Waals surface area contributed by atoms with Crippen LogP contribution in [0.2, 0.25) is 0 Å². The molecule has 5 nitrogen and oxygen atoms in total. The van der Waals surface area contributed by atoms with Gasteiger partial charge in [0.15, 0.2) is 11.3 Å². The van der Waals surface area contributed by atoms with E-state index in [0.717, 1.165) is 16.8 Å². The second-order valence-corrected chi connectivity index (χ2v) is 7.53. The molecule has 0 unspecified atom stereocenters. The standard InChI is InChI=1S/C14H18Cl3N3O2S/c1-4-22-13(21)20-11(14(15,16)17)19-12(23)18-10-7-8(2)5-6-9(10)3/h5-7,11H,4H2,1-3H3,(H,20,21)(H2,18,19,23)/t11-/m0/s1. The van der Waals surface area contributed by atoms with Gasteiger partial charge in [-0.2, -0.15) is 0 Å². The molecule has 0 aliphatic rings. The van der Waals surface area contributed by atoms with Gasteiger partial charge in [0.25, 0.3) is 0 Å². The van der Waals surface area contributed by atoms with Gasteiger partial charge in [0.1, 0.15) is 0 Å². The molecule has 1 aromatic carbocycles. The Hall–Kier alpha value is -0.950. The second kappa shape index (κ2) is 8.78. The highest BCUT2D eigenvalue weighted by molar-refractivity contribution is 7.80. The molecule has 0 radical (unpaired) electrons. The summed E-state index contributed by atoms with van der Waals surface area (Å²) < 4.78 is 2.95. The van der Waals surface area contributed by atoms with Crippen LogP contribution in [0.25, 0.3) is 0 Å². The molecule has 0 fully saturated rings. The maximum atomic E-state index is 11.5. The van der Waals surface area contributed by atoms with E-state index in [1.54, 1.807) is 6.92 Å². The Morgan fingerprint density at radius 3 is 2.52 bits per heavy atom. The van der Waals surface area contributed by atoms with E-state index >= 15 is 0 Å². The summed E-state index contributed by atoms with van der Waals surface area (Å²) in [5.74, 6) is 0. The van der Waals surface area contributed by atoms with E-state index in [4.69, 9.17) is 51.8 Å². The number of nitrogens with one attached hydrogen (secondary N) is 3. The van der Waals surface area contributed by atoms with Crippen LogP contribution in [0.5, 0.6) is 0 Å². The number of thiocarbonyl (C=S) groups is 1. The fourth-order valence-electron chi connectivity index (χ4n) is 1.65. The number of benzene rings is 1. The molecule has 3 N–H and O–H groups in total. The average Bonchev–Trinajstić information content (AvgIpc) is 2.41. The smallest absolute Gasteiger partial charge is 0.408 e. The number of ether oxygens (including phenoxy) is 1. The summed E-state index contributed by atoms with van der Waals surface area (Å²) >= 11 is 22.8. The molecule has 1 aromatic rings. The number of rotatable bonds is 4. The van der Waals surface area contributed by atoms with Crippen molar-refractivity contribution >= 4 is 63.9 Å². The predicted molar refractivity (Wildman–Crippen MR) is 99.5 cm³/mol. The van der Waals surface area contributed by atoms with Crippen molar-refractivity contribution in [3.8, 4) is 0 Å². The van der Waals surface area contributed by atoms with Gasteiger partial charge < -0.3 is 15.4 Å². The van der Waals surface area contributed by atoms with Gasteiger partial charge in [-0.1, -0.05) is 46.9 Å². The van der Waals surface area contributed by atoms with Gasteiger partial charge in [0.2, 0.25) is 3.79 Å². The molecule has 1 atom stereocenters. The zero-order valence-corrected chi connectivity index (χ0v) is 16.0. The van der Waals surface area contributed by atoms with Crippen LogP contribution in [0.1, 0.15) is 18.1 Å². The van der Waals surface area contributed by atoms with Crippen LogP contribution in [-0.2, 0) is 4.74 Å². The number of hydrogen-bond donors (Lipinski definition) is 3. The maximum absolute atomic E-state index is 11.5. The highest BCUT2D eigenvalue weighted by Gasteiger charge is 2.35. The van der Waals surface area contributed by atoms with E-state index < -0.39 is 16.1 Å². The fourth-order valence-corrected chi connectivity index (χ4v) is 2.21. The number of aryl methyl sites for hydroxylation is 2. The van der Waals surface area contributed by atoms with E-state index in [1.165, 1.54) is 0 Å². The third kappa shape index (κ3) is 6.99. The minimum atomic E-state index is -1.82. The van der Waals surface area contributed by atoms with Gasteiger partial charge in [-0.15, -0.1) is 0 Å². The molecular formula is C14H18Cl3N3O2S. The predicted octanol–water partition coefficient (Wildman–Crippen LogP) is 4.03. The summed E-state index contributed by atoms with van der Waals surface area (Å²) in [6.07, 6.45) is -1.78. The molecular weight excluding hydrogens is 381 g/mol. The third-order valence-corrected chi connectivity index (χ3v) is 3.66. The second-order valence-electron chi connectivity index (χ2n) is 4.76. The van der Waals surface area contributed by atoms with E-state index in [2.05, 4.69) is 16.0 Å². The van der Waals surface area contributed by atoms with Crippen LogP contribution < -0.4 is 16.0 Å². The average molecular weight is 399 g/mol. The number of anilines is 1. The normalized spacial score (nSPS) is 12.3. The van der Waals surface area contributed by atoms with Crippen molar-refractivity contribution in [3.63, 3.8) is 0 Å². The van der Waals surface area contributed by atoms with Crippen molar-refractivity contribution < 1.29 is 9.53 Å². The molecule has 0 bridgehead atoms. The van der Waals surface area contributed by atoms with Gasteiger partial charge in [0.05, 0.1) is 6.61 Å². The molecule has 9 heteroatoms. The lowest BCUT2D eigenvalue weighted by Crippen LogP contribution is -2.56. The van der Waals surface area contributed by atoms with E-state index in [9.17, 15) is 4.79 Å². The van der Waals surface area contributed by atoms with Crippen LogP contribution in [-0.4, -0.2) is 27.8 Å². The van der Waals surface area contributed by atoms with Crippen LogP contribution in [0.3, 0.4) is 0 Å². The topological polar surface area (TPSA) is 62.4 Å². The van der Waals surface area contributed by atoms with Crippen LogP contribution in [0.4, 0.5) is 10.5 Å². The van der Waals surface area contributed by atoms with Gasteiger partial charge >= 0.3 is 6.09 Å². The van der Waals surface area contributed by atoms with Gasteiger partial charge in [-0.05, 0) is 50.2 Å². The summed E-state index contributed by atoms with van der Waals surface area (Å²) in [7, 11) is 0. The monoisotopic (exact) mass is 397 g/mol. The Balaban J connectivity index is 2.77. The Bertz CT molecular complexity index is 579. The zero-order chi connectivity index (χ0) is 17.6. The molecule has 0 spiro atoms. The SMILES string of the molecule is CCOC(=O)N[C@H](NC(=S)Nc1cc(C)ccc1C)C(Cl)(Cl)Cl. The molecule has 0 saturated heterocycles. The van der Waals surface area contributed by atoms with Crippen LogP contribution in [0.15, 0.2) is 18.2 Å². The molecule has 1 amide bonds. The van der Waals surface area contributed by atoms with Crippen molar-refractivity contribution in [2.24, 2.45) is 0 Å². The Kier molecular flexibility index (Phi) is 7.67. The number of carbonyl (C=O) groups is 1. The van der Waals surface area contributed by atoms with E-state index in [1.807, 2.05) is 32.0 Å². The highest BCUT2D eigenvalue weighted by atomic mass is 35.6. The number of amides is 1. The number of carbonyl (C=O) groups excluding carboxylic acids is 1. The zero-order valence-electron chi connectivity index (χ0n) is 12.9. The summed E-state index contributed by atoms with van der Waals surface area (Å²) in [5.41, 5.74) is 2.90. The Morgan fingerprint density at radius 2 is 1.96 bits per heavy atom. The number of halogens is 3. The van der Waals surface area contributed by atoms with Crippen molar-refractivity contribution in [3.05, 3.63) is 29.3 Å². The quantitative estimate of drug-likeness (QED) is 0.406. The van der Waals surface area contributed by atoms with Crippen molar-refractivity contribution in [2.45, 2.75) is 30.7 Å². The lowest BCUT2D eigenvalue weighted by Gasteiger charge is -2.27. The summed E-state index contributed by atoms with van der Waals surface area (Å²) in [6.45, 7) is 5.77. The number of alkyl halides is 3.